The van der Waals surface area contributed by atoms with Crippen LogP contribution in [-0.4, -0.2) is 42.9 Å². The predicted octanol–water partition coefficient (Wildman–Crippen LogP) is 2.03. The van der Waals surface area contributed by atoms with E-state index in [4.69, 9.17) is 9.84 Å². The SMILES string of the molecule is CN(Cc1cccc(C#CCCO)c1)CC1CCCO1. The van der Waals surface area contributed by atoms with Crippen molar-refractivity contribution < 1.29 is 9.84 Å². The molecule has 0 amide bonds. The fourth-order valence-corrected chi connectivity index (χ4v) is 2.48. The number of benzene rings is 1. The van der Waals surface area contributed by atoms with Crippen molar-refractivity contribution in [1.29, 1.82) is 0 Å². The van der Waals surface area contributed by atoms with Crippen molar-refractivity contribution in [3.05, 3.63) is 35.4 Å². The van der Waals surface area contributed by atoms with Crippen LogP contribution in [0.2, 0.25) is 0 Å². The first kappa shape index (κ1) is 15.1. The Morgan fingerprint density at radius 3 is 3.10 bits per heavy atom. The highest BCUT2D eigenvalue weighted by Gasteiger charge is 2.17. The zero-order valence-corrected chi connectivity index (χ0v) is 12.1. The molecule has 3 nitrogen and oxygen atoms in total. The fourth-order valence-electron chi connectivity index (χ4n) is 2.48. The average molecular weight is 273 g/mol. The zero-order valence-electron chi connectivity index (χ0n) is 12.1. The minimum Gasteiger partial charge on any atom is -0.395 e. The van der Waals surface area contributed by atoms with E-state index < -0.39 is 0 Å². The number of hydrogen-bond acceptors (Lipinski definition) is 3. The molecule has 0 radical (unpaired) electrons. The Balaban J connectivity index is 1.88. The van der Waals surface area contributed by atoms with Crippen LogP contribution in [0.25, 0.3) is 0 Å². The Kier molecular flexibility index (Phi) is 6.07. The summed E-state index contributed by atoms with van der Waals surface area (Å²) in [6.07, 6.45) is 3.29. The molecule has 1 N–H and O–H groups in total. The zero-order chi connectivity index (χ0) is 14.2. The number of rotatable bonds is 5. The molecular weight excluding hydrogens is 250 g/mol. The van der Waals surface area contributed by atoms with E-state index in [1.807, 2.05) is 12.1 Å². The second kappa shape index (κ2) is 8.06. The number of hydrogen-bond donors (Lipinski definition) is 1. The molecule has 3 heteroatoms. The number of ether oxygens (including phenoxy) is 1. The van der Waals surface area contributed by atoms with Crippen LogP contribution in [0.15, 0.2) is 24.3 Å². The summed E-state index contributed by atoms with van der Waals surface area (Å²) in [6, 6.07) is 8.30. The Labute approximate surface area is 121 Å². The second-order valence-electron chi connectivity index (χ2n) is 5.31. The molecule has 1 aliphatic rings. The van der Waals surface area contributed by atoms with Crippen LogP contribution in [0.1, 0.15) is 30.4 Å². The summed E-state index contributed by atoms with van der Waals surface area (Å²) in [6.45, 7) is 2.93. The van der Waals surface area contributed by atoms with Crippen molar-refractivity contribution in [2.45, 2.75) is 31.9 Å². The highest BCUT2D eigenvalue weighted by molar-refractivity contribution is 5.37. The summed E-state index contributed by atoms with van der Waals surface area (Å²) in [5.74, 6) is 6.04. The summed E-state index contributed by atoms with van der Waals surface area (Å²) in [5, 5.41) is 8.73. The van der Waals surface area contributed by atoms with Crippen molar-refractivity contribution in [2.24, 2.45) is 0 Å². The molecule has 0 aliphatic carbocycles. The highest BCUT2D eigenvalue weighted by Crippen LogP contribution is 2.14. The summed E-state index contributed by atoms with van der Waals surface area (Å²) in [7, 11) is 2.13. The Morgan fingerprint density at radius 1 is 1.45 bits per heavy atom. The van der Waals surface area contributed by atoms with Crippen LogP contribution in [0.4, 0.5) is 0 Å². The van der Waals surface area contributed by atoms with E-state index >= 15 is 0 Å². The van der Waals surface area contributed by atoms with E-state index in [9.17, 15) is 0 Å². The second-order valence-corrected chi connectivity index (χ2v) is 5.31. The molecule has 0 saturated carbocycles. The molecule has 1 unspecified atom stereocenters. The van der Waals surface area contributed by atoms with Crippen molar-refractivity contribution in [3.8, 4) is 11.8 Å². The molecule has 1 aromatic rings. The maximum absolute atomic E-state index is 8.73. The molecule has 20 heavy (non-hydrogen) atoms. The maximum atomic E-state index is 8.73. The van der Waals surface area contributed by atoms with Gasteiger partial charge in [-0.1, -0.05) is 24.0 Å². The molecule has 0 aromatic heterocycles. The monoisotopic (exact) mass is 273 g/mol. The van der Waals surface area contributed by atoms with Gasteiger partial charge < -0.3 is 9.84 Å². The Hall–Kier alpha value is -1.34. The first-order chi connectivity index (χ1) is 9.78. The van der Waals surface area contributed by atoms with Gasteiger partial charge in [0, 0.05) is 31.7 Å². The summed E-state index contributed by atoms with van der Waals surface area (Å²) in [5.41, 5.74) is 2.28. The van der Waals surface area contributed by atoms with Gasteiger partial charge in [-0.05, 0) is 37.6 Å². The lowest BCUT2D eigenvalue weighted by Crippen LogP contribution is -2.28. The van der Waals surface area contributed by atoms with Crippen molar-refractivity contribution in [3.63, 3.8) is 0 Å². The molecule has 0 spiro atoms. The molecule has 0 bridgehead atoms. The third-order valence-corrected chi connectivity index (χ3v) is 3.39. The van der Waals surface area contributed by atoms with E-state index in [0.717, 1.165) is 25.3 Å². The lowest BCUT2D eigenvalue weighted by Gasteiger charge is -2.20. The third-order valence-electron chi connectivity index (χ3n) is 3.39. The van der Waals surface area contributed by atoms with Crippen LogP contribution >= 0.6 is 0 Å². The van der Waals surface area contributed by atoms with Gasteiger partial charge in [0.05, 0.1) is 12.7 Å². The van der Waals surface area contributed by atoms with Gasteiger partial charge in [0.15, 0.2) is 0 Å². The van der Waals surface area contributed by atoms with Crippen LogP contribution in [0.3, 0.4) is 0 Å². The molecular formula is C17H23NO2. The summed E-state index contributed by atoms with van der Waals surface area (Å²) in [4.78, 5) is 2.30. The van der Waals surface area contributed by atoms with Crippen molar-refractivity contribution >= 4 is 0 Å². The first-order valence-corrected chi connectivity index (χ1v) is 7.27. The number of aliphatic hydroxyl groups excluding tert-OH is 1. The Bertz CT molecular complexity index is 469. The highest BCUT2D eigenvalue weighted by atomic mass is 16.5. The van der Waals surface area contributed by atoms with E-state index in [0.29, 0.717) is 12.5 Å². The van der Waals surface area contributed by atoms with E-state index in [1.165, 1.54) is 18.4 Å². The quantitative estimate of drug-likeness (QED) is 0.833. The Morgan fingerprint density at radius 2 is 2.35 bits per heavy atom. The lowest BCUT2D eigenvalue weighted by atomic mass is 10.1. The van der Waals surface area contributed by atoms with E-state index in [2.05, 4.69) is 35.9 Å². The minimum absolute atomic E-state index is 0.122. The normalized spacial score (nSPS) is 18.1. The van der Waals surface area contributed by atoms with Crippen molar-refractivity contribution in [1.82, 2.24) is 4.90 Å². The van der Waals surface area contributed by atoms with Crippen LogP contribution in [0, 0.1) is 11.8 Å². The standard InChI is InChI=1S/C17H23NO2/c1-18(14-17-9-5-11-20-17)13-16-8-4-7-15(12-16)6-2-3-10-19/h4,7-8,12,17,19H,3,5,9-11,13-14H2,1H3. The van der Waals surface area contributed by atoms with Crippen LogP contribution in [-0.2, 0) is 11.3 Å². The summed E-state index contributed by atoms with van der Waals surface area (Å²) < 4.78 is 5.66. The third kappa shape index (κ3) is 4.97. The lowest BCUT2D eigenvalue weighted by molar-refractivity contribution is 0.0793. The molecule has 108 valence electrons. The van der Waals surface area contributed by atoms with Gasteiger partial charge in [-0.25, -0.2) is 0 Å². The van der Waals surface area contributed by atoms with Crippen molar-refractivity contribution in [2.75, 3.05) is 26.8 Å². The summed E-state index contributed by atoms with van der Waals surface area (Å²) >= 11 is 0. The average Bonchev–Trinajstić information content (AvgIpc) is 2.92. The van der Waals surface area contributed by atoms with E-state index in [1.54, 1.807) is 0 Å². The molecule has 1 aliphatic heterocycles. The molecule has 1 atom stereocenters. The molecule has 1 heterocycles. The van der Waals surface area contributed by atoms with Gasteiger partial charge in [-0.15, -0.1) is 0 Å². The van der Waals surface area contributed by atoms with Gasteiger partial charge in [0.2, 0.25) is 0 Å². The van der Waals surface area contributed by atoms with Gasteiger partial charge in [0.1, 0.15) is 0 Å². The van der Waals surface area contributed by atoms with Crippen LogP contribution < -0.4 is 0 Å². The van der Waals surface area contributed by atoms with E-state index in [-0.39, 0.29) is 6.61 Å². The minimum atomic E-state index is 0.122. The maximum Gasteiger partial charge on any atom is 0.0702 e. The molecule has 2 rings (SSSR count). The smallest absolute Gasteiger partial charge is 0.0702 e. The van der Waals surface area contributed by atoms with Gasteiger partial charge in [-0.3, -0.25) is 4.90 Å². The predicted molar refractivity (Wildman–Crippen MR) is 80.3 cm³/mol. The fraction of sp³-hybridized carbons (Fsp3) is 0.529. The van der Waals surface area contributed by atoms with Gasteiger partial charge in [0.25, 0.3) is 0 Å². The topological polar surface area (TPSA) is 32.7 Å². The van der Waals surface area contributed by atoms with Gasteiger partial charge >= 0.3 is 0 Å². The number of nitrogens with zero attached hydrogens (tertiary/aromatic N) is 1. The largest absolute Gasteiger partial charge is 0.395 e. The molecule has 1 fully saturated rings. The number of likely N-dealkylation sites (N-methyl/N-ethyl adjacent to an activating group) is 1. The number of aliphatic hydroxyl groups is 1. The molecule has 1 aromatic carbocycles. The van der Waals surface area contributed by atoms with Gasteiger partial charge in [-0.2, -0.15) is 0 Å². The molecule has 1 saturated heterocycles. The van der Waals surface area contributed by atoms with Crippen LogP contribution in [0.5, 0.6) is 0 Å². The first-order valence-electron chi connectivity index (χ1n) is 7.27.